The number of nitrogens with one attached hydrogen (secondary N) is 2. The Kier molecular flexibility index (Phi) is 10.2. The van der Waals surface area contributed by atoms with Crippen LogP contribution in [0.5, 0.6) is 11.5 Å². The highest BCUT2D eigenvalue weighted by molar-refractivity contribution is 5.67. The second-order valence-corrected chi connectivity index (χ2v) is 8.34. The topological polar surface area (TPSA) is 68.3 Å². The molecule has 3 rings (SSSR count). The molecule has 1 heterocycles. The van der Waals surface area contributed by atoms with E-state index >= 15 is 0 Å². The third-order valence-corrected chi connectivity index (χ3v) is 5.37. The number of benzene rings is 2. The van der Waals surface area contributed by atoms with Crippen molar-refractivity contribution in [2.75, 3.05) is 23.8 Å². The average molecular weight is 503 g/mol. The van der Waals surface area contributed by atoms with Crippen LogP contribution in [-0.2, 0) is 6.18 Å². The lowest BCUT2D eigenvalue weighted by atomic mass is 10.2. The van der Waals surface area contributed by atoms with E-state index in [0.29, 0.717) is 30.3 Å². The summed E-state index contributed by atoms with van der Waals surface area (Å²) in [5.41, 5.74) is 0.0570. The number of ether oxygens (including phenoxy) is 2. The van der Waals surface area contributed by atoms with Gasteiger partial charge in [0.15, 0.2) is 0 Å². The lowest BCUT2D eigenvalue weighted by Gasteiger charge is -2.17. The molecule has 0 bridgehead atoms. The molecule has 1 aromatic heterocycles. The van der Waals surface area contributed by atoms with Crippen LogP contribution in [0.2, 0.25) is 0 Å². The Balaban J connectivity index is 1.76. The van der Waals surface area contributed by atoms with E-state index in [0.717, 1.165) is 50.5 Å². The number of anilines is 4. The van der Waals surface area contributed by atoms with Crippen molar-refractivity contribution >= 4 is 23.1 Å². The van der Waals surface area contributed by atoms with Crippen LogP contribution in [0.4, 0.5) is 36.3 Å². The monoisotopic (exact) mass is 502 g/mol. The summed E-state index contributed by atoms with van der Waals surface area (Å²) in [5.74, 6) is 0.856. The SMILES string of the molecule is CCCCCCOc1ccccc1Nc1nc(Nc2ccc(OCCCC)cc2)ncc1C(F)(F)F. The molecule has 0 spiro atoms. The number of halogens is 3. The quantitative estimate of drug-likeness (QED) is 0.217. The summed E-state index contributed by atoms with van der Waals surface area (Å²) in [7, 11) is 0. The van der Waals surface area contributed by atoms with Crippen molar-refractivity contribution in [2.24, 2.45) is 0 Å². The van der Waals surface area contributed by atoms with Gasteiger partial charge in [0.2, 0.25) is 5.95 Å². The van der Waals surface area contributed by atoms with Crippen LogP contribution in [0.25, 0.3) is 0 Å². The molecule has 194 valence electrons. The fourth-order valence-electron chi connectivity index (χ4n) is 3.38. The summed E-state index contributed by atoms with van der Waals surface area (Å²) in [5, 5.41) is 5.76. The number of hydrogen-bond acceptors (Lipinski definition) is 6. The maximum absolute atomic E-state index is 13.7. The largest absolute Gasteiger partial charge is 0.494 e. The van der Waals surface area contributed by atoms with Crippen molar-refractivity contribution in [1.29, 1.82) is 0 Å². The minimum absolute atomic E-state index is 0.0307. The van der Waals surface area contributed by atoms with E-state index < -0.39 is 11.7 Å². The van der Waals surface area contributed by atoms with E-state index in [4.69, 9.17) is 9.47 Å². The van der Waals surface area contributed by atoms with E-state index in [9.17, 15) is 13.2 Å². The highest BCUT2D eigenvalue weighted by Crippen LogP contribution is 2.37. The molecule has 0 radical (unpaired) electrons. The molecule has 36 heavy (non-hydrogen) atoms. The van der Waals surface area contributed by atoms with Gasteiger partial charge in [-0.1, -0.05) is 51.7 Å². The molecule has 0 aliphatic carbocycles. The van der Waals surface area contributed by atoms with Crippen molar-refractivity contribution in [3.63, 3.8) is 0 Å². The van der Waals surface area contributed by atoms with Crippen LogP contribution in [0, 0.1) is 0 Å². The number of alkyl halides is 3. The van der Waals surface area contributed by atoms with Gasteiger partial charge in [0.25, 0.3) is 0 Å². The molecule has 0 amide bonds. The Hall–Kier alpha value is -3.49. The highest BCUT2D eigenvalue weighted by Gasteiger charge is 2.35. The Bertz CT molecular complexity index is 1080. The van der Waals surface area contributed by atoms with E-state index in [1.165, 1.54) is 0 Å². The van der Waals surface area contributed by atoms with E-state index in [1.54, 1.807) is 48.5 Å². The Morgan fingerprint density at radius 2 is 1.53 bits per heavy atom. The summed E-state index contributed by atoms with van der Waals surface area (Å²) >= 11 is 0. The number of aromatic nitrogens is 2. The second kappa shape index (κ2) is 13.6. The smallest absolute Gasteiger partial charge is 0.421 e. The Morgan fingerprint density at radius 1 is 0.806 bits per heavy atom. The normalized spacial score (nSPS) is 11.2. The van der Waals surface area contributed by atoms with Gasteiger partial charge in [-0.05, 0) is 49.2 Å². The van der Waals surface area contributed by atoms with Gasteiger partial charge in [-0.15, -0.1) is 0 Å². The zero-order valence-corrected chi connectivity index (χ0v) is 20.7. The van der Waals surface area contributed by atoms with Crippen LogP contribution < -0.4 is 20.1 Å². The lowest BCUT2D eigenvalue weighted by Crippen LogP contribution is -2.13. The van der Waals surface area contributed by atoms with Crippen molar-refractivity contribution in [1.82, 2.24) is 9.97 Å². The van der Waals surface area contributed by atoms with Crippen LogP contribution in [0.1, 0.15) is 57.9 Å². The number of para-hydroxylation sites is 2. The Morgan fingerprint density at radius 3 is 2.25 bits per heavy atom. The van der Waals surface area contributed by atoms with Crippen LogP contribution in [0.3, 0.4) is 0 Å². The van der Waals surface area contributed by atoms with Gasteiger partial charge in [0, 0.05) is 11.9 Å². The zero-order valence-electron chi connectivity index (χ0n) is 20.7. The maximum Gasteiger partial charge on any atom is 0.421 e. The van der Waals surface area contributed by atoms with E-state index in [2.05, 4.69) is 34.4 Å². The summed E-state index contributed by atoms with van der Waals surface area (Å²) in [6, 6.07) is 14.0. The molecular formula is C27H33F3N4O2. The molecule has 6 nitrogen and oxygen atoms in total. The lowest BCUT2D eigenvalue weighted by molar-refractivity contribution is -0.137. The number of nitrogens with zero attached hydrogens (tertiary/aromatic N) is 2. The van der Waals surface area contributed by atoms with E-state index in [-0.39, 0.29) is 11.8 Å². The first-order valence-electron chi connectivity index (χ1n) is 12.3. The van der Waals surface area contributed by atoms with Crippen molar-refractivity contribution in [3.8, 4) is 11.5 Å². The highest BCUT2D eigenvalue weighted by atomic mass is 19.4. The van der Waals surface area contributed by atoms with Crippen molar-refractivity contribution in [2.45, 2.75) is 58.5 Å². The van der Waals surface area contributed by atoms with Gasteiger partial charge < -0.3 is 20.1 Å². The molecular weight excluding hydrogens is 469 g/mol. The molecule has 0 aliphatic heterocycles. The molecule has 0 saturated carbocycles. The first kappa shape index (κ1) is 27.1. The van der Waals surface area contributed by atoms with Crippen molar-refractivity contribution < 1.29 is 22.6 Å². The molecule has 2 aromatic carbocycles. The second-order valence-electron chi connectivity index (χ2n) is 8.34. The van der Waals surface area contributed by atoms with Gasteiger partial charge in [0.05, 0.1) is 18.9 Å². The molecule has 0 atom stereocenters. The predicted molar refractivity (Wildman–Crippen MR) is 137 cm³/mol. The third-order valence-electron chi connectivity index (χ3n) is 5.37. The van der Waals surface area contributed by atoms with Crippen molar-refractivity contribution in [3.05, 3.63) is 60.3 Å². The molecule has 0 aliphatic rings. The van der Waals surface area contributed by atoms with E-state index in [1.807, 2.05) is 0 Å². The van der Waals surface area contributed by atoms with Gasteiger partial charge in [-0.25, -0.2) is 4.98 Å². The summed E-state index contributed by atoms with van der Waals surface area (Å²) in [6.07, 6.45) is 2.28. The molecule has 2 N–H and O–H groups in total. The summed E-state index contributed by atoms with van der Waals surface area (Å²) in [6.45, 7) is 5.33. The number of hydrogen-bond donors (Lipinski definition) is 2. The first-order valence-corrected chi connectivity index (χ1v) is 12.3. The maximum atomic E-state index is 13.7. The fraction of sp³-hybridized carbons (Fsp3) is 0.407. The fourth-order valence-corrected chi connectivity index (χ4v) is 3.38. The summed E-state index contributed by atoms with van der Waals surface area (Å²) in [4.78, 5) is 8.02. The minimum atomic E-state index is -4.63. The predicted octanol–water partition coefficient (Wildman–Crippen LogP) is 8.12. The molecule has 0 saturated heterocycles. The standard InChI is InChI=1S/C27H33F3N4O2/c1-3-5-7-10-18-36-24-12-9-8-11-23(24)33-25-22(27(28,29)30)19-31-26(34-25)32-20-13-15-21(16-14-20)35-17-6-4-2/h8-9,11-16,19H,3-7,10,17-18H2,1-2H3,(H2,31,32,33,34). The summed E-state index contributed by atoms with van der Waals surface area (Å²) < 4.78 is 52.6. The van der Waals surface area contributed by atoms with Gasteiger partial charge in [-0.2, -0.15) is 18.2 Å². The average Bonchev–Trinajstić information content (AvgIpc) is 2.85. The molecule has 0 fully saturated rings. The molecule has 0 unspecified atom stereocenters. The van der Waals surface area contributed by atoms with Gasteiger partial charge in [-0.3, -0.25) is 0 Å². The molecule has 3 aromatic rings. The van der Waals surface area contributed by atoms with Crippen LogP contribution in [0.15, 0.2) is 54.7 Å². The third kappa shape index (κ3) is 8.32. The zero-order chi connectivity index (χ0) is 25.8. The first-order chi connectivity index (χ1) is 17.4. The molecule has 9 heteroatoms. The Labute approximate surface area is 210 Å². The van der Waals surface area contributed by atoms with Crippen LogP contribution >= 0.6 is 0 Å². The van der Waals surface area contributed by atoms with Crippen LogP contribution in [-0.4, -0.2) is 23.2 Å². The number of rotatable bonds is 14. The minimum Gasteiger partial charge on any atom is -0.494 e. The van der Waals surface area contributed by atoms with Gasteiger partial charge >= 0.3 is 6.18 Å². The van der Waals surface area contributed by atoms with Gasteiger partial charge in [0.1, 0.15) is 22.9 Å². The number of unbranched alkanes of at least 4 members (excludes halogenated alkanes) is 4.